The van der Waals surface area contributed by atoms with E-state index in [2.05, 4.69) is 10.3 Å². The molecule has 2 aromatic carbocycles. The van der Waals surface area contributed by atoms with Crippen LogP contribution in [0.1, 0.15) is 25.5 Å². The van der Waals surface area contributed by atoms with Crippen LogP contribution in [0.5, 0.6) is 0 Å². The number of nitrogens with one attached hydrogen (secondary N) is 2. The van der Waals surface area contributed by atoms with E-state index in [1.165, 1.54) is 18.2 Å². The number of ether oxygens (including phenoxy) is 2. The average molecular weight is 476 g/mol. The summed E-state index contributed by atoms with van der Waals surface area (Å²) in [6.45, 7) is 5.83. The standard InChI is InChI=1S/C24H27ClFN3O4/c1-3-32-12-13-33-11-10-29(24(31)28-17-8-9-22(26)21(25)14-17)16(2)20-15-27-23(30)19-7-5-4-6-18(19)20/h4-9,14-16H,3,10-13H2,1-2H3,(H,27,30)(H,28,31). The first kappa shape index (κ1) is 24.7. The summed E-state index contributed by atoms with van der Waals surface area (Å²) in [6, 6.07) is 10.4. The molecule has 0 fully saturated rings. The number of benzene rings is 2. The smallest absolute Gasteiger partial charge is 0.322 e. The number of anilines is 1. The van der Waals surface area contributed by atoms with Crippen LogP contribution in [0, 0.1) is 5.82 Å². The van der Waals surface area contributed by atoms with Gasteiger partial charge in [0.05, 0.1) is 30.9 Å². The van der Waals surface area contributed by atoms with Gasteiger partial charge in [-0.3, -0.25) is 4.79 Å². The number of fused-ring (bicyclic) bond motifs is 1. The minimum Gasteiger partial charge on any atom is -0.379 e. The molecule has 176 valence electrons. The van der Waals surface area contributed by atoms with Gasteiger partial charge in [0.15, 0.2) is 0 Å². The molecule has 7 nitrogen and oxygen atoms in total. The Morgan fingerprint density at radius 2 is 1.88 bits per heavy atom. The molecule has 2 N–H and O–H groups in total. The lowest BCUT2D eigenvalue weighted by atomic mass is 10.0. The number of halogens is 2. The van der Waals surface area contributed by atoms with E-state index in [1.54, 1.807) is 23.2 Å². The number of hydrogen-bond acceptors (Lipinski definition) is 4. The van der Waals surface area contributed by atoms with Gasteiger partial charge in [0.1, 0.15) is 5.82 Å². The Bertz CT molecular complexity index is 1150. The van der Waals surface area contributed by atoms with Crippen molar-refractivity contribution >= 4 is 34.1 Å². The maximum Gasteiger partial charge on any atom is 0.322 e. The lowest BCUT2D eigenvalue weighted by Crippen LogP contribution is -2.39. The van der Waals surface area contributed by atoms with E-state index in [4.69, 9.17) is 21.1 Å². The highest BCUT2D eigenvalue weighted by molar-refractivity contribution is 6.31. The van der Waals surface area contributed by atoms with Crippen molar-refractivity contribution in [2.24, 2.45) is 0 Å². The predicted octanol–water partition coefficient (Wildman–Crippen LogP) is 4.97. The molecule has 0 saturated heterocycles. The fraction of sp³-hybridized carbons (Fsp3) is 0.333. The van der Waals surface area contributed by atoms with Crippen molar-refractivity contribution < 1.29 is 18.7 Å². The summed E-state index contributed by atoms with van der Waals surface area (Å²) in [5, 5.41) is 3.98. The van der Waals surface area contributed by atoms with Crippen LogP contribution in [-0.2, 0) is 9.47 Å². The zero-order chi connectivity index (χ0) is 23.8. The lowest BCUT2D eigenvalue weighted by Gasteiger charge is -2.30. The van der Waals surface area contributed by atoms with Crippen LogP contribution in [0.3, 0.4) is 0 Å². The molecule has 33 heavy (non-hydrogen) atoms. The Kier molecular flexibility index (Phi) is 8.82. The van der Waals surface area contributed by atoms with Crippen LogP contribution in [0.25, 0.3) is 10.8 Å². The molecular formula is C24H27ClFN3O4. The van der Waals surface area contributed by atoms with Gasteiger partial charge in [-0.25, -0.2) is 9.18 Å². The maximum atomic E-state index is 13.5. The lowest BCUT2D eigenvalue weighted by molar-refractivity contribution is 0.0438. The van der Waals surface area contributed by atoms with Gasteiger partial charge in [-0.1, -0.05) is 29.8 Å². The molecule has 0 aliphatic heterocycles. The molecule has 0 bridgehead atoms. The first-order chi connectivity index (χ1) is 15.9. The first-order valence-electron chi connectivity index (χ1n) is 10.7. The Hall–Kier alpha value is -2.94. The highest BCUT2D eigenvalue weighted by atomic mass is 35.5. The fourth-order valence-corrected chi connectivity index (χ4v) is 3.69. The summed E-state index contributed by atoms with van der Waals surface area (Å²) in [4.78, 5) is 29.8. The third-order valence-corrected chi connectivity index (χ3v) is 5.53. The number of rotatable bonds is 10. The third-order valence-electron chi connectivity index (χ3n) is 5.24. The molecule has 0 aliphatic rings. The van der Waals surface area contributed by atoms with Crippen molar-refractivity contribution in [2.45, 2.75) is 19.9 Å². The quantitative estimate of drug-likeness (QED) is 0.405. The van der Waals surface area contributed by atoms with Gasteiger partial charge in [-0.15, -0.1) is 0 Å². The second kappa shape index (κ2) is 11.8. The van der Waals surface area contributed by atoms with Crippen molar-refractivity contribution in [3.63, 3.8) is 0 Å². The van der Waals surface area contributed by atoms with Crippen LogP contribution in [0.4, 0.5) is 14.9 Å². The van der Waals surface area contributed by atoms with Gasteiger partial charge in [-0.05, 0) is 49.1 Å². The number of nitrogens with zero attached hydrogens (tertiary/aromatic N) is 1. The highest BCUT2D eigenvalue weighted by Crippen LogP contribution is 2.27. The second-order valence-corrected chi connectivity index (χ2v) is 7.76. The number of H-pyrrole nitrogens is 1. The number of aromatic nitrogens is 1. The molecule has 0 spiro atoms. The van der Waals surface area contributed by atoms with E-state index >= 15 is 0 Å². The van der Waals surface area contributed by atoms with Gasteiger partial charge in [0, 0.05) is 30.4 Å². The number of hydrogen-bond donors (Lipinski definition) is 2. The Labute approximate surface area is 196 Å². The second-order valence-electron chi connectivity index (χ2n) is 7.36. The summed E-state index contributed by atoms with van der Waals surface area (Å²) in [7, 11) is 0. The summed E-state index contributed by atoms with van der Waals surface area (Å²) in [6.07, 6.45) is 1.63. The topological polar surface area (TPSA) is 83.7 Å². The van der Waals surface area contributed by atoms with E-state index in [0.29, 0.717) is 30.9 Å². The normalized spacial score (nSPS) is 12.0. The van der Waals surface area contributed by atoms with Gasteiger partial charge < -0.3 is 24.7 Å². The predicted molar refractivity (Wildman–Crippen MR) is 127 cm³/mol. The Balaban J connectivity index is 1.84. The molecule has 0 saturated carbocycles. The molecule has 1 aromatic heterocycles. The van der Waals surface area contributed by atoms with E-state index in [1.807, 2.05) is 26.0 Å². The van der Waals surface area contributed by atoms with E-state index in [0.717, 1.165) is 10.9 Å². The van der Waals surface area contributed by atoms with Crippen molar-refractivity contribution in [3.8, 4) is 0 Å². The molecule has 9 heteroatoms. The monoisotopic (exact) mass is 475 g/mol. The van der Waals surface area contributed by atoms with E-state index in [9.17, 15) is 14.0 Å². The minimum absolute atomic E-state index is 0.0849. The molecule has 1 heterocycles. The molecule has 1 unspecified atom stereocenters. The van der Waals surface area contributed by atoms with Gasteiger partial charge in [0.2, 0.25) is 0 Å². The summed E-state index contributed by atoms with van der Waals surface area (Å²) < 4.78 is 24.4. The van der Waals surface area contributed by atoms with Crippen molar-refractivity contribution in [1.82, 2.24) is 9.88 Å². The van der Waals surface area contributed by atoms with E-state index < -0.39 is 17.9 Å². The molecule has 0 radical (unpaired) electrons. The zero-order valence-electron chi connectivity index (χ0n) is 18.6. The number of pyridine rings is 1. The number of carbonyl (C=O) groups is 1. The molecular weight excluding hydrogens is 449 g/mol. The number of urea groups is 1. The summed E-state index contributed by atoms with van der Waals surface area (Å²) in [5.74, 6) is -0.567. The van der Waals surface area contributed by atoms with E-state index in [-0.39, 0.29) is 23.7 Å². The van der Waals surface area contributed by atoms with Crippen LogP contribution in [-0.4, -0.2) is 48.9 Å². The van der Waals surface area contributed by atoms with Gasteiger partial charge in [0.25, 0.3) is 5.56 Å². The van der Waals surface area contributed by atoms with Crippen LogP contribution >= 0.6 is 11.6 Å². The number of aromatic amines is 1. The molecule has 3 rings (SSSR count). The minimum atomic E-state index is -0.567. The van der Waals surface area contributed by atoms with Crippen LogP contribution in [0.2, 0.25) is 5.02 Å². The van der Waals surface area contributed by atoms with Crippen LogP contribution in [0.15, 0.2) is 53.5 Å². The highest BCUT2D eigenvalue weighted by Gasteiger charge is 2.24. The third kappa shape index (κ3) is 6.31. The molecule has 3 aromatic rings. The van der Waals surface area contributed by atoms with Gasteiger partial charge in [-0.2, -0.15) is 0 Å². The maximum absolute atomic E-state index is 13.5. The molecule has 0 aliphatic carbocycles. The number of amides is 2. The zero-order valence-corrected chi connectivity index (χ0v) is 19.3. The summed E-state index contributed by atoms with van der Waals surface area (Å²) >= 11 is 5.85. The fourth-order valence-electron chi connectivity index (χ4n) is 3.51. The average Bonchev–Trinajstić information content (AvgIpc) is 2.81. The molecule has 2 amide bonds. The summed E-state index contributed by atoms with van der Waals surface area (Å²) in [5.41, 5.74) is 0.955. The van der Waals surface area contributed by atoms with Crippen molar-refractivity contribution in [2.75, 3.05) is 38.3 Å². The van der Waals surface area contributed by atoms with Crippen LogP contribution < -0.4 is 10.9 Å². The van der Waals surface area contributed by atoms with Crippen molar-refractivity contribution in [3.05, 3.63) is 75.4 Å². The SMILES string of the molecule is CCOCCOCCN(C(=O)Nc1ccc(F)c(Cl)c1)C(C)c1c[nH]c(=O)c2ccccc12. The Morgan fingerprint density at radius 1 is 1.15 bits per heavy atom. The number of carbonyl (C=O) groups excluding carboxylic acids is 1. The largest absolute Gasteiger partial charge is 0.379 e. The van der Waals surface area contributed by atoms with Gasteiger partial charge >= 0.3 is 6.03 Å². The molecule has 1 atom stereocenters. The van der Waals surface area contributed by atoms with Crippen molar-refractivity contribution in [1.29, 1.82) is 0 Å². The Morgan fingerprint density at radius 3 is 2.61 bits per heavy atom. The first-order valence-corrected chi connectivity index (χ1v) is 11.1.